The van der Waals surface area contributed by atoms with E-state index in [-0.39, 0.29) is 0 Å². The molecule has 1 aromatic carbocycles. The molecule has 1 atom stereocenters. The van der Waals surface area contributed by atoms with Gasteiger partial charge >= 0.3 is 0 Å². The van der Waals surface area contributed by atoms with Crippen LogP contribution < -0.4 is 4.90 Å². The number of benzene rings is 1. The van der Waals surface area contributed by atoms with Gasteiger partial charge in [-0.25, -0.2) is 9.97 Å². The molecule has 2 saturated heterocycles. The van der Waals surface area contributed by atoms with Gasteiger partial charge in [-0.3, -0.25) is 4.90 Å². The Balaban J connectivity index is 1.38. The summed E-state index contributed by atoms with van der Waals surface area (Å²) in [6, 6.07) is 6.35. The molecular weight excluding hydrogens is 304 g/mol. The van der Waals surface area contributed by atoms with E-state index in [0.29, 0.717) is 13.2 Å². The van der Waals surface area contributed by atoms with Crippen molar-refractivity contribution in [2.24, 2.45) is 0 Å². The molecule has 2 fully saturated rings. The van der Waals surface area contributed by atoms with E-state index >= 15 is 0 Å². The highest BCUT2D eigenvalue weighted by Crippen LogP contribution is 2.24. The second-order valence-electron chi connectivity index (χ2n) is 6.91. The summed E-state index contributed by atoms with van der Waals surface area (Å²) in [5, 5.41) is 11.7. The van der Waals surface area contributed by atoms with Crippen molar-refractivity contribution in [2.75, 3.05) is 50.8 Å². The lowest BCUT2D eigenvalue weighted by Crippen LogP contribution is -2.54. The van der Waals surface area contributed by atoms with Crippen LogP contribution in [0.25, 0.3) is 10.9 Å². The van der Waals surface area contributed by atoms with Crippen LogP contribution in [-0.2, 0) is 4.74 Å². The zero-order valence-electron chi connectivity index (χ0n) is 13.9. The number of hydrogen-bond donors (Lipinski definition) is 1. The molecule has 4 rings (SSSR count). The highest BCUT2D eigenvalue weighted by atomic mass is 16.5. The summed E-state index contributed by atoms with van der Waals surface area (Å²) in [6.45, 7) is 5.83. The van der Waals surface area contributed by atoms with E-state index in [1.807, 2.05) is 6.20 Å². The number of rotatable bonds is 3. The largest absolute Gasteiger partial charge is 0.386 e. The van der Waals surface area contributed by atoms with Gasteiger partial charge in [0.1, 0.15) is 11.9 Å². The molecule has 2 aliphatic heterocycles. The fourth-order valence-corrected chi connectivity index (χ4v) is 3.71. The Labute approximate surface area is 142 Å². The van der Waals surface area contributed by atoms with Crippen molar-refractivity contribution < 1.29 is 9.84 Å². The molecule has 6 nitrogen and oxygen atoms in total. The van der Waals surface area contributed by atoms with E-state index in [1.165, 1.54) is 5.69 Å². The lowest BCUT2D eigenvalue weighted by atomic mass is 9.96. The summed E-state index contributed by atoms with van der Waals surface area (Å²) in [7, 11) is 0. The molecular formula is C18H24N4O2. The molecule has 128 valence electrons. The van der Waals surface area contributed by atoms with Crippen molar-refractivity contribution in [3.05, 3.63) is 30.7 Å². The van der Waals surface area contributed by atoms with E-state index in [0.717, 1.165) is 56.5 Å². The van der Waals surface area contributed by atoms with Gasteiger partial charge in [-0.15, -0.1) is 0 Å². The molecule has 1 unspecified atom stereocenters. The molecule has 2 aromatic rings. The molecule has 1 aromatic heterocycles. The van der Waals surface area contributed by atoms with E-state index in [2.05, 4.69) is 38.0 Å². The second kappa shape index (κ2) is 6.63. The summed E-state index contributed by atoms with van der Waals surface area (Å²) < 4.78 is 5.46. The molecule has 0 aliphatic carbocycles. The smallest absolute Gasteiger partial charge is 0.116 e. The number of nitrogens with zero attached hydrogens (tertiary/aromatic N) is 4. The first-order valence-electron chi connectivity index (χ1n) is 8.69. The van der Waals surface area contributed by atoms with Crippen LogP contribution in [0.1, 0.15) is 12.8 Å². The Morgan fingerprint density at radius 1 is 1.21 bits per heavy atom. The molecule has 0 bridgehead atoms. The number of ether oxygens (including phenoxy) is 1. The first kappa shape index (κ1) is 15.7. The third-order valence-electron chi connectivity index (χ3n) is 5.05. The lowest BCUT2D eigenvalue weighted by molar-refractivity contribution is -0.100. The number of aromatic nitrogens is 2. The van der Waals surface area contributed by atoms with Crippen LogP contribution in [0, 0.1) is 0 Å². The first-order valence-corrected chi connectivity index (χ1v) is 8.69. The number of β-amino-alcohol motifs (C(OH)–C–C–N with tert-alkyl or cyclic N) is 1. The Morgan fingerprint density at radius 3 is 2.88 bits per heavy atom. The Bertz CT molecular complexity index is 694. The molecule has 0 amide bonds. The number of aliphatic hydroxyl groups is 1. The normalized spacial score (nSPS) is 26.0. The predicted molar refractivity (Wildman–Crippen MR) is 93.2 cm³/mol. The number of hydrogen-bond acceptors (Lipinski definition) is 6. The molecule has 2 aliphatic rings. The van der Waals surface area contributed by atoms with Crippen molar-refractivity contribution >= 4 is 16.6 Å². The highest BCUT2D eigenvalue weighted by Gasteiger charge is 2.33. The minimum Gasteiger partial charge on any atom is -0.386 e. The van der Waals surface area contributed by atoms with Crippen molar-refractivity contribution in [3.63, 3.8) is 0 Å². The lowest BCUT2D eigenvalue weighted by Gasteiger charge is -2.41. The first-order chi connectivity index (χ1) is 11.7. The standard InChI is InChI=1S/C18H24N4O2/c23-18(4-1-9-24-13-18)12-21-5-7-22(8-6-21)16-2-3-17-15(10-16)11-19-14-20-17/h2-3,10-11,14,23H,1,4-9,12-13H2. The third-order valence-corrected chi connectivity index (χ3v) is 5.05. The number of fused-ring (bicyclic) bond motifs is 1. The van der Waals surface area contributed by atoms with Gasteiger partial charge in [0.05, 0.1) is 12.1 Å². The average Bonchev–Trinajstić information content (AvgIpc) is 2.62. The van der Waals surface area contributed by atoms with Gasteiger partial charge in [-0.1, -0.05) is 0 Å². The summed E-state index contributed by atoms with van der Waals surface area (Å²) in [6.07, 6.45) is 5.24. The summed E-state index contributed by atoms with van der Waals surface area (Å²) in [5.41, 5.74) is 1.53. The maximum absolute atomic E-state index is 10.6. The van der Waals surface area contributed by atoms with Gasteiger partial charge in [-0.05, 0) is 31.0 Å². The fraction of sp³-hybridized carbons (Fsp3) is 0.556. The average molecular weight is 328 g/mol. The van der Waals surface area contributed by atoms with E-state index < -0.39 is 5.60 Å². The molecule has 24 heavy (non-hydrogen) atoms. The minimum absolute atomic E-state index is 0.470. The molecule has 0 saturated carbocycles. The molecule has 1 N–H and O–H groups in total. The van der Waals surface area contributed by atoms with Gasteiger partial charge in [0.2, 0.25) is 0 Å². The Hall–Kier alpha value is -1.76. The maximum atomic E-state index is 10.6. The fourth-order valence-electron chi connectivity index (χ4n) is 3.71. The van der Waals surface area contributed by atoms with Gasteiger partial charge in [0, 0.05) is 56.6 Å². The topological polar surface area (TPSA) is 61.7 Å². The maximum Gasteiger partial charge on any atom is 0.116 e. The van der Waals surface area contributed by atoms with Crippen LogP contribution in [0.5, 0.6) is 0 Å². The Kier molecular flexibility index (Phi) is 4.35. The highest BCUT2D eigenvalue weighted by molar-refractivity contribution is 5.81. The molecule has 0 spiro atoms. The summed E-state index contributed by atoms with van der Waals surface area (Å²) in [5.74, 6) is 0. The summed E-state index contributed by atoms with van der Waals surface area (Å²) in [4.78, 5) is 13.1. The van der Waals surface area contributed by atoms with Gasteiger partial charge < -0.3 is 14.7 Å². The monoisotopic (exact) mass is 328 g/mol. The van der Waals surface area contributed by atoms with E-state index in [1.54, 1.807) is 6.33 Å². The van der Waals surface area contributed by atoms with Crippen LogP contribution in [0.3, 0.4) is 0 Å². The van der Waals surface area contributed by atoms with Gasteiger partial charge in [-0.2, -0.15) is 0 Å². The minimum atomic E-state index is -0.666. The van der Waals surface area contributed by atoms with Crippen LogP contribution in [0.2, 0.25) is 0 Å². The third kappa shape index (κ3) is 3.36. The van der Waals surface area contributed by atoms with E-state index in [4.69, 9.17) is 4.74 Å². The summed E-state index contributed by atoms with van der Waals surface area (Å²) >= 11 is 0. The zero-order chi connectivity index (χ0) is 16.4. The number of piperazine rings is 1. The van der Waals surface area contributed by atoms with Gasteiger partial charge in [0.25, 0.3) is 0 Å². The molecule has 6 heteroatoms. The Morgan fingerprint density at radius 2 is 2.08 bits per heavy atom. The molecule has 0 radical (unpaired) electrons. The van der Waals surface area contributed by atoms with Crippen molar-refractivity contribution in [1.82, 2.24) is 14.9 Å². The SMILES string of the molecule is OC1(CN2CCN(c3ccc4ncncc4c3)CC2)CCCOC1. The zero-order valence-corrected chi connectivity index (χ0v) is 13.9. The van der Waals surface area contributed by atoms with Crippen molar-refractivity contribution in [2.45, 2.75) is 18.4 Å². The second-order valence-corrected chi connectivity index (χ2v) is 6.91. The van der Waals surface area contributed by atoms with Crippen LogP contribution in [0.4, 0.5) is 5.69 Å². The quantitative estimate of drug-likeness (QED) is 0.916. The van der Waals surface area contributed by atoms with Crippen molar-refractivity contribution in [1.29, 1.82) is 0 Å². The number of anilines is 1. The van der Waals surface area contributed by atoms with Crippen LogP contribution in [0.15, 0.2) is 30.7 Å². The molecule has 3 heterocycles. The van der Waals surface area contributed by atoms with Crippen LogP contribution in [-0.4, -0.2) is 71.5 Å². The predicted octanol–water partition coefficient (Wildman–Crippen LogP) is 1.29. The van der Waals surface area contributed by atoms with Crippen molar-refractivity contribution in [3.8, 4) is 0 Å². The van der Waals surface area contributed by atoms with Crippen LogP contribution >= 0.6 is 0 Å². The van der Waals surface area contributed by atoms with E-state index in [9.17, 15) is 5.11 Å². The van der Waals surface area contributed by atoms with Gasteiger partial charge in [0.15, 0.2) is 0 Å².